The quantitative estimate of drug-likeness (QED) is 0.493. The van der Waals surface area contributed by atoms with Gasteiger partial charge in [-0.3, -0.25) is 0 Å². The molecule has 0 radical (unpaired) electrons. The van der Waals surface area contributed by atoms with Gasteiger partial charge in [0.2, 0.25) is 0 Å². The van der Waals surface area contributed by atoms with Crippen LogP contribution in [0, 0.1) is 6.92 Å². The first kappa shape index (κ1) is 23.8. The van der Waals surface area contributed by atoms with Gasteiger partial charge in [-0.25, -0.2) is 15.0 Å². The lowest BCUT2D eigenvalue weighted by Crippen LogP contribution is -2.32. The minimum Gasteiger partial charge on any atom is -0.369 e. The Morgan fingerprint density at radius 3 is 2.26 bits per heavy atom. The Bertz CT molecular complexity index is 1130. The third-order valence-electron chi connectivity index (χ3n) is 5.58. The molecule has 1 aromatic carbocycles. The molecular weight excluding hydrogens is 460 g/mol. The summed E-state index contributed by atoms with van der Waals surface area (Å²) in [6.07, 6.45) is -5.96. The van der Waals surface area contributed by atoms with E-state index in [9.17, 15) is 26.3 Å². The molecule has 180 valence electrons. The molecule has 5 nitrogen and oxygen atoms in total. The molecule has 0 bridgehead atoms. The first-order chi connectivity index (χ1) is 16.0. The first-order valence-electron chi connectivity index (χ1n) is 10.5. The maximum atomic E-state index is 13.1. The van der Waals surface area contributed by atoms with Crippen LogP contribution in [0.1, 0.15) is 33.5 Å². The van der Waals surface area contributed by atoms with Crippen molar-refractivity contribution in [3.8, 4) is 0 Å². The Balaban J connectivity index is 1.50. The highest BCUT2D eigenvalue weighted by atomic mass is 19.4. The molecule has 0 atom stereocenters. The summed E-state index contributed by atoms with van der Waals surface area (Å²) in [6.45, 7) is 3.24. The fourth-order valence-electron chi connectivity index (χ4n) is 3.83. The van der Waals surface area contributed by atoms with E-state index in [0.29, 0.717) is 25.3 Å². The molecule has 2 aromatic heterocycles. The van der Waals surface area contributed by atoms with Gasteiger partial charge in [-0.2, -0.15) is 26.3 Å². The van der Waals surface area contributed by atoms with Crippen LogP contribution in [-0.2, 0) is 31.7 Å². The van der Waals surface area contributed by atoms with Crippen LogP contribution in [-0.4, -0.2) is 28.0 Å². The molecule has 0 amide bonds. The number of hydrogen-bond donors (Lipinski definition) is 1. The lowest BCUT2D eigenvalue weighted by Gasteiger charge is -2.30. The van der Waals surface area contributed by atoms with E-state index in [1.807, 2.05) is 19.1 Å². The highest BCUT2D eigenvalue weighted by Crippen LogP contribution is 2.36. The number of aromatic nitrogens is 3. The molecule has 0 fully saturated rings. The summed E-state index contributed by atoms with van der Waals surface area (Å²) in [5, 5.41) is 3.06. The van der Waals surface area contributed by atoms with Gasteiger partial charge in [0, 0.05) is 37.8 Å². The zero-order valence-corrected chi connectivity index (χ0v) is 18.1. The molecule has 4 rings (SSSR count). The van der Waals surface area contributed by atoms with Crippen LogP contribution in [0.2, 0.25) is 0 Å². The molecule has 3 heterocycles. The van der Waals surface area contributed by atoms with Crippen LogP contribution in [0.15, 0.2) is 42.9 Å². The predicted molar refractivity (Wildman–Crippen MR) is 114 cm³/mol. The van der Waals surface area contributed by atoms with Crippen molar-refractivity contribution in [2.24, 2.45) is 0 Å². The number of nitrogens with one attached hydrogen (secondary N) is 1. The normalized spacial score (nSPS) is 14.1. The SMILES string of the molecule is Cc1ccc(N2CCc3ncnc(NCCc4cc(C(F)(F)F)cc(C(F)(F)F)c4)c3C2)nc1. The molecule has 0 saturated carbocycles. The lowest BCUT2D eigenvalue weighted by atomic mass is 10.0. The second-order valence-corrected chi connectivity index (χ2v) is 8.10. The van der Waals surface area contributed by atoms with Crippen LogP contribution in [0.5, 0.6) is 0 Å². The van der Waals surface area contributed by atoms with Crippen LogP contribution in [0.4, 0.5) is 38.0 Å². The van der Waals surface area contributed by atoms with Gasteiger partial charge < -0.3 is 10.2 Å². The summed E-state index contributed by atoms with van der Waals surface area (Å²) < 4.78 is 78.6. The van der Waals surface area contributed by atoms with Crippen molar-refractivity contribution < 1.29 is 26.3 Å². The third kappa shape index (κ3) is 5.40. The summed E-state index contributed by atoms with van der Waals surface area (Å²) in [5.74, 6) is 1.31. The van der Waals surface area contributed by atoms with Crippen molar-refractivity contribution in [2.45, 2.75) is 38.7 Å². The highest BCUT2D eigenvalue weighted by Gasteiger charge is 2.36. The number of aryl methyl sites for hydroxylation is 1. The van der Waals surface area contributed by atoms with Gasteiger partial charge in [0.25, 0.3) is 0 Å². The van der Waals surface area contributed by atoms with E-state index in [4.69, 9.17) is 0 Å². The lowest BCUT2D eigenvalue weighted by molar-refractivity contribution is -0.143. The zero-order valence-electron chi connectivity index (χ0n) is 18.1. The highest BCUT2D eigenvalue weighted by molar-refractivity contribution is 5.52. The maximum absolute atomic E-state index is 13.1. The van der Waals surface area contributed by atoms with E-state index in [1.165, 1.54) is 6.33 Å². The van der Waals surface area contributed by atoms with Crippen molar-refractivity contribution in [2.75, 3.05) is 23.3 Å². The predicted octanol–water partition coefficient (Wildman–Crippen LogP) is 5.43. The van der Waals surface area contributed by atoms with Crippen LogP contribution >= 0.6 is 0 Å². The Morgan fingerprint density at radius 2 is 1.65 bits per heavy atom. The van der Waals surface area contributed by atoms with Gasteiger partial charge in [-0.05, 0) is 48.7 Å². The Kier molecular flexibility index (Phi) is 6.37. The largest absolute Gasteiger partial charge is 0.416 e. The van der Waals surface area contributed by atoms with Crippen molar-refractivity contribution in [3.05, 3.63) is 76.4 Å². The average Bonchev–Trinajstić information content (AvgIpc) is 2.78. The smallest absolute Gasteiger partial charge is 0.369 e. The van der Waals surface area contributed by atoms with Crippen LogP contribution < -0.4 is 10.2 Å². The number of fused-ring (bicyclic) bond motifs is 1. The average molecular weight is 481 g/mol. The number of halogens is 6. The number of hydrogen-bond acceptors (Lipinski definition) is 5. The standard InChI is InChI=1S/C23H21F6N5/c1-14-2-3-20(31-11-14)34-7-5-19-18(12-34)21(33-13-32-19)30-6-4-15-8-16(22(24,25)26)10-17(9-15)23(27,28)29/h2-3,8-11,13H,4-7,12H2,1H3,(H,30,32,33). The Labute approximate surface area is 191 Å². The summed E-state index contributed by atoms with van der Waals surface area (Å²) in [6, 6.07) is 5.51. The minimum absolute atomic E-state index is 0.0466. The summed E-state index contributed by atoms with van der Waals surface area (Å²) in [7, 11) is 0. The summed E-state index contributed by atoms with van der Waals surface area (Å²) in [4.78, 5) is 15.1. The molecule has 0 aliphatic carbocycles. The van der Waals surface area contributed by atoms with Crippen molar-refractivity contribution in [3.63, 3.8) is 0 Å². The number of rotatable bonds is 5. The second kappa shape index (κ2) is 9.11. The maximum Gasteiger partial charge on any atom is 0.416 e. The van der Waals surface area contributed by atoms with Gasteiger partial charge in [0.15, 0.2) is 0 Å². The van der Waals surface area contributed by atoms with E-state index in [-0.39, 0.29) is 24.6 Å². The number of alkyl halides is 6. The van der Waals surface area contributed by atoms with Gasteiger partial charge in [-0.15, -0.1) is 0 Å². The second-order valence-electron chi connectivity index (χ2n) is 8.10. The number of pyridine rings is 1. The molecule has 1 aliphatic rings. The summed E-state index contributed by atoms with van der Waals surface area (Å²) in [5.41, 5.74) is 0.00423. The van der Waals surface area contributed by atoms with Gasteiger partial charge in [0.05, 0.1) is 16.8 Å². The molecule has 34 heavy (non-hydrogen) atoms. The minimum atomic E-state index is -4.87. The van der Waals surface area contributed by atoms with E-state index in [0.717, 1.165) is 34.8 Å². The van der Waals surface area contributed by atoms with Gasteiger partial charge in [0.1, 0.15) is 18.0 Å². The molecule has 0 saturated heterocycles. The molecule has 11 heteroatoms. The molecule has 1 aliphatic heterocycles. The van der Waals surface area contributed by atoms with Crippen molar-refractivity contribution in [1.82, 2.24) is 15.0 Å². The zero-order chi connectivity index (χ0) is 24.5. The van der Waals surface area contributed by atoms with Gasteiger partial charge in [-0.1, -0.05) is 6.07 Å². The molecule has 1 N–H and O–H groups in total. The van der Waals surface area contributed by atoms with E-state index in [2.05, 4.69) is 25.2 Å². The van der Waals surface area contributed by atoms with Crippen LogP contribution in [0.3, 0.4) is 0 Å². The van der Waals surface area contributed by atoms with Gasteiger partial charge >= 0.3 is 12.4 Å². The monoisotopic (exact) mass is 481 g/mol. The number of benzene rings is 1. The molecule has 0 unspecified atom stereocenters. The number of nitrogens with zero attached hydrogens (tertiary/aromatic N) is 4. The fraction of sp³-hybridized carbons (Fsp3) is 0.348. The summed E-state index contributed by atoms with van der Waals surface area (Å²) >= 11 is 0. The fourth-order valence-corrected chi connectivity index (χ4v) is 3.83. The number of anilines is 2. The molecule has 3 aromatic rings. The Hall–Kier alpha value is -3.37. The van der Waals surface area contributed by atoms with Crippen LogP contribution in [0.25, 0.3) is 0 Å². The Morgan fingerprint density at radius 1 is 0.941 bits per heavy atom. The van der Waals surface area contributed by atoms with Crippen molar-refractivity contribution in [1.29, 1.82) is 0 Å². The van der Waals surface area contributed by atoms with Crippen molar-refractivity contribution >= 4 is 11.6 Å². The first-order valence-corrected chi connectivity index (χ1v) is 10.5. The molecular formula is C23H21F6N5. The van der Waals surface area contributed by atoms with E-state index >= 15 is 0 Å². The third-order valence-corrected chi connectivity index (χ3v) is 5.58. The van der Waals surface area contributed by atoms with E-state index < -0.39 is 23.5 Å². The molecule has 0 spiro atoms. The van der Waals surface area contributed by atoms with E-state index in [1.54, 1.807) is 6.20 Å². The topological polar surface area (TPSA) is 53.9 Å².